The molecule has 0 unspecified atom stereocenters. The van der Waals surface area contributed by atoms with E-state index in [-0.39, 0.29) is 11.3 Å². The SMILES string of the molecule is NCCc1nc(CC(=O)NCC2(c3ccccc3)CCC2)cs1. The summed E-state index contributed by atoms with van der Waals surface area (Å²) in [5.74, 6) is 0.0526. The zero-order valence-corrected chi connectivity index (χ0v) is 14.1. The molecule has 0 spiro atoms. The predicted octanol–water partition coefficient (Wildman–Crippen LogP) is 2.42. The molecule has 1 saturated carbocycles. The van der Waals surface area contributed by atoms with Crippen LogP contribution in [0.2, 0.25) is 0 Å². The molecule has 1 fully saturated rings. The minimum absolute atomic E-state index is 0.0526. The number of rotatable bonds is 7. The fourth-order valence-corrected chi connectivity index (χ4v) is 3.94. The van der Waals surface area contributed by atoms with Crippen LogP contribution in [0.15, 0.2) is 35.7 Å². The average Bonchev–Trinajstić information content (AvgIpc) is 2.95. The van der Waals surface area contributed by atoms with Crippen molar-refractivity contribution in [3.05, 3.63) is 52.0 Å². The highest BCUT2D eigenvalue weighted by Gasteiger charge is 2.38. The van der Waals surface area contributed by atoms with Crippen molar-refractivity contribution in [3.8, 4) is 0 Å². The van der Waals surface area contributed by atoms with E-state index >= 15 is 0 Å². The van der Waals surface area contributed by atoms with Gasteiger partial charge in [0.2, 0.25) is 5.91 Å². The number of carbonyl (C=O) groups is 1. The molecule has 1 amide bonds. The number of aromatic nitrogens is 1. The summed E-state index contributed by atoms with van der Waals surface area (Å²) in [6, 6.07) is 10.5. The number of thiazole rings is 1. The third-order valence-corrected chi connectivity index (χ3v) is 5.58. The first-order chi connectivity index (χ1) is 11.2. The van der Waals surface area contributed by atoms with E-state index in [0.717, 1.165) is 36.5 Å². The lowest BCUT2D eigenvalue weighted by Crippen LogP contribution is -2.45. The van der Waals surface area contributed by atoms with Crippen LogP contribution in [0.25, 0.3) is 0 Å². The second kappa shape index (κ2) is 7.23. The van der Waals surface area contributed by atoms with Gasteiger partial charge in [0, 0.05) is 23.8 Å². The van der Waals surface area contributed by atoms with E-state index < -0.39 is 0 Å². The van der Waals surface area contributed by atoms with Gasteiger partial charge in [0.15, 0.2) is 0 Å². The van der Waals surface area contributed by atoms with Crippen molar-refractivity contribution < 1.29 is 4.79 Å². The molecule has 5 heteroatoms. The van der Waals surface area contributed by atoms with Gasteiger partial charge in [-0.15, -0.1) is 11.3 Å². The number of benzene rings is 1. The van der Waals surface area contributed by atoms with Gasteiger partial charge in [-0.25, -0.2) is 4.98 Å². The van der Waals surface area contributed by atoms with Gasteiger partial charge in [-0.3, -0.25) is 4.79 Å². The average molecular weight is 329 g/mol. The summed E-state index contributed by atoms with van der Waals surface area (Å²) in [5.41, 5.74) is 7.84. The van der Waals surface area contributed by atoms with Crippen molar-refractivity contribution in [2.75, 3.05) is 13.1 Å². The third kappa shape index (κ3) is 3.79. The van der Waals surface area contributed by atoms with E-state index in [2.05, 4.69) is 34.6 Å². The maximum absolute atomic E-state index is 12.2. The highest BCUT2D eigenvalue weighted by Crippen LogP contribution is 2.43. The Morgan fingerprint density at radius 2 is 2.09 bits per heavy atom. The third-order valence-electron chi connectivity index (χ3n) is 4.62. The lowest BCUT2D eigenvalue weighted by atomic mass is 9.64. The van der Waals surface area contributed by atoms with Crippen LogP contribution in [-0.4, -0.2) is 24.0 Å². The summed E-state index contributed by atoms with van der Waals surface area (Å²) >= 11 is 1.58. The van der Waals surface area contributed by atoms with Crippen LogP contribution in [0.3, 0.4) is 0 Å². The number of nitrogens with zero attached hydrogens (tertiary/aromatic N) is 1. The van der Waals surface area contributed by atoms with Crippen molar-refractivity contribution in [2.45, 2.75) is 37.5 Å². The van der Waals surface area contributed by atoms with Crippen molar-refractivity contribution in [3.63, 3.8) is 0 Å². The number of amides is 1. The quantitative estimate of drug-likeness (QED) is 0.820. The van der Waals surface area contributed by atoms with Gasteiger partial charge in [-0.2, -0.15) is 0 Å². The first kappa shape index (κ1) is 16.1. The van der Waals surface area contributed by atoms with Gasteiger partial charge >= 0.3 is 0 Å². The van der Waals surface area contributed by atoms with E-state index in [0.29, 0.717) is 13.0 Å². The summed E-state index contributed by atoms with van der Waals surface area (Å²) in [6.07, 6.45) is 4.66. The Balaban J connectivity index is 1.55. The van der Waals surface area contributed by atoms with Crippen molar-refractivity contribution in [1.82, 2.24) is 10.3 Å². The monoisotopic (exact) mass is 329 g/mol. The Bertz CT molecular complexity index is 649. The maximum Gasteiger partial charge on any atom is 0.226 e. The second-order valence-corrected chi connectivity index (χ2v) is 7.17. The Morgan fingerprint density at radius 3 is 2.74 bits per heavy atom. The number of hydrogen-bond donors (Lipinski definition) is 2. The fourth-order valence-electron chi connectivity index (χ4n) is 3.13. The molecular formula is C18H23N3OS. The molecule has 1 aromatic carbocycles. The van der Waals surface area contributed by atoms with E-state index in [1.54, 1.807) is 11.3 Å². The Labute approximate surface area is 141 Å². The molecular weight excluding hydrogens is 306 g/mol. The normalized spacial score (nSPS) is 15.9. The Morgan fingerprint density at radius 1 is 1.30 bits per heavy atom. The van der Waals surface area contributed by atoms with Crippen LogP contribution < -0.4 is 11.1 Å². The topological polar surface area (TPSA) is 68.0 Å². The van der Waals surface area contributed by atoms with Gasteiger partial charge in [-0.1, -0.05) is 36.8 Å². The lowest BCUT2D eigenvalue weighted by Gasteiger charge is -2.42. The predicted molar refractivity (Wildman–Crippen MR) is 93.6 cm³/mol. The first-order valence-corrected chi connectivity index (χ1v) is 9.05. The summed E-state index contributed by atoms with van der Waals surface area (Å²) < 4.78 is 0. The standard InChI is InChI=1S/C18H23N3OS/c19-10-7-17-21-15(12-23-17)11-16(22)20-13-18(8-4-9-18)14-5-2-1-3-6-14/h1-3,5-6,12H,4,7-11,13,19H2,(H,20,22). The molecule has 1 aliphatic carbocycles. The summed E-state index contributed by atoms with van der Waals surface area (Å²) in [6.45, 7) is 1.31. The molecule has 0 aliphatic heterocycles. The summed E-state index contributed by atoms with van der Waals surface area (Å²) in [5, 5.41) is 6.08. The number of carbonyl (C=O) groups excluding carboxylic acids is 1. The smallest absolute Gasteiger partial charge is 0.226 e. The van der Waals surface area contributed by atoms with Gasteiger partial charge in [0.05, 0.1) is 17.1 Å². The van der Waals surface area contributed by atoms with Crippen LogP contribution in [-0.2, 0) is 23.1 Å². The van der Waals surface area contributed by atoms with Crippen LogP contribution in [0, 0.1) is 0 Å². The molecule has 0 saturated heterocycles. The van der Waals surface area contributed by atoms with Crippen LogP contribution in [0.5, 0.6) is 0 Å². The van der Waals surface area contributed by atoms with Crippen molar-refractivity contribution >= 4 is 17.2 Å². The number of nitrogens with two attached hydrogens (primary N) is 1. The van der Waals surface area contributed by atoms with E-state index in [4.69, 9.17) is 5.73 Å². The van der Waals surface area contributed by atoms with E-state index in [1.165, 1.54) is 12.0 Å². The largest absolute Gasteiger partial charge is 0.355 e. The van der Waals surface area contributed by atoms with Gasteiger partial charge in [-0.05, 0) is 24.9 Å². The zero-order valence-electron chi connectivity index (χ0n) is 13.3. The summed E-state index contributed by atoms with van der Waals surface area (Å²) in [7, 11) is 0. The molecule has 1 heterocycles. The number of hydrogen-bond acceptors (Lipinski definition) is 4. The molecule has 2 aromatic rings. The fraction of sp³-hybridized carbons (Fsp3) is 0.444. The molecule has 122 valence electrons. The highest BCUT2D eigenvalue weighted by atomic mass is 32.1. The Hall–Kier alpha value is -1.72. The van der Waals surface area contributed by atoms with Gasteiger partial charge in [0.25, 0.3) is 0 Å². The lowest BCUT2D eigenvalue weighted by molar-refractivity contribution is -0.120. The van der Waals surface area contributed by atoms with Crippen LogP contribution in [0.1, 0.15) is 35.5 Å². The molecule has 3 rings (SSSR count). The first-order valence-electron chi connectivity index (χ1n) is 8.17. The minimum Gasteiger partial charge on any atom is -0.355 e. The molecule has 1 aromatic heterocycles. The second-order valence-electron chi connectivity index (χ2n) is 6.22. The van der Waals surface area contributed by atoms with Crippen molar-refractivity contribution in [2.24, 2.45) is 5.73 Å². The van der Waals surface area contributed by atoms with Crippen LogP contribution >= 0.6 is 11.3 Å². The van der Waals surface area contributed by atoms with E-state index in [1.807, 2.05) is 11.4 Å². The molecule has 0 bridgehead atoms. The van der Waals surface area contributed by atoms with Crippen molar-refractivity contribution in [1.29, 1.82) is 0 Å². The summed E-state index contributed by atoms with van der Waals surface area (Å²) in [4.78, 5) is 16.7. The molecule has 0 atom stereocenters. The molecule has 4 nitrogen and oxygen atoms in total. The minimum atomic E-state index is 0.0526. The zero-order chi connectivity index (χ0) is 16.1. The molecule has 23 heavy (non-hydrogen) atoms. The molecule has 1 aliphatic rings. The Kier molecular flexibility index (Phi) is 5.08. The number of nitrogens with one attached hydrogen (secondary N) is 1. The van der Waals surface area contributed by atoms with Gasteiger partial charge in [0.1, 0.15) is 0 Å². The van der Waals surface area contributed by atoms with Gasteiger partial charge < -0.3 is 11.1 Å². The maximum atomic E-state index is 12.2. The molecule has 3 N–H and O–H groups in total. The van der Waals surface area contributed by atoms with E-state index in [9.17, 15) is 4.79 Å². The molecule has 0 radical (unpaired) electrons. The highest BCUT2D eigenvalue weighted by molar-refractivity contribution is 7.09. The van der Waals surface area contributed by atoms with Crippen LogP contribution in [0.4, 0.5) is 0 Å².